The zero-order valence-electron chi connectivity index (χ0n) is 39.9. The summed E-state index contributed by atoms with van der Waals surface area (Å²) in [6.07, 6.45) is 0. The van der Waals surface area contributed by atoms with Crippen molar-refractivity contribution in [3.05, 3.63) is 298 Å². The number of aromatic nitrogens is 2. The van der Waals surface area contributed by atoms with E-state index in [1.54, 1.807) is 0 Å². The van der Waals surface area contributed by atoms with Crippen LogP contribution in [0.1, 0.15) is 69.5 Å². The molecule has 0 amide bonds. The lowest BCUT2D eigenvalue weighted by Gasteiger charge is -2.51. The van der Waals surface area contributed by atoms with E-state index in [1.807, 2.05) is 11.8 Å². The van der Waals surface area contributed by atoms with Crippen LogP contribution < -0.4 is 0 Å². The molecule has 11 aromatic rings. The molecule has 72 heavy (non-hydrogen) atoms. The van der Waals surface area contributed by atoms with Gasteiger partial charge in [-0.1, -0.05) is 238 Å². The van der Waals surface area contributed by atoms with Crippen molar-refractivity contribution in [2.24, 2.45) is 0 Å². The van der Waals surface area contributed by atoms with Crippen LogP contribution in [-0.2, 0) is 16.2 Å². The van der Waals surface area contributed by atoms with Crippen LogP contribution >= 0.6 is 11.8 Å². The van der Waals surface area contributed by atoms with E-state index in [0.29, 0.717) is 5.82 Å². The molecule has 0 atom stereocenters. The van der Waals surface area contributed by atoms with Crippen molar-refractivity contribution in [3.63, 3.8) is 0 Å². The van der Waals surface area contributed by atoms with Gasteiger partial charge in [0.1, 0.15) is 0 Å². The molecular formula is C69H46N2S. The van der Waals surface area contributed by atoms with Crippen LogP contribution in [0.5, 0.6) is 0 Å². The maximum absolute atomic E-state index is 5.35. The number of nitrogens with zero attached hydrogens (tertiary/aromatic N) is 2. The quantitative estimate of drug-likeness (QED) is 0.176. The van der Waals surface area contributed by atoms with Crippen molar-refractivity contribution >= 4 is 11.8 Å². The predicted molar refractivity (Wildman–Crippen MR) is 295 cm³/mol. The summed E-state index contributed by atoms with van der Waals surface area (Å²) in [6.45, 7) is 4.67. The lowest BCUT2D eigenvalue weighted by molar-refractivity contribution is 0.605. The second-order valence-electron chi connectivity index (χ2n) is 20.3. The van der Waals surface area contributed by atoms with Gasteiger partial charge >= 0.3 is 0 Å². The Kier molecular flexibility index (Phi) is 8.81. The van der Waals surface area contributed by atoms with E-state index in [-0.39, 0.29) is 5.41 Å². The first-order valence-electron chi connectivity index (χ1n) is 25.1. The summed E-state index contributed by atoms with van der Waals surface area (Å²) in [7, 11) is 0. The Hall–Kier alpha value is -8.37. The van der Waals surface area contributed by atoms with Crippen molar-refractivity contribution in [1.82, 2.24) is 9.97 Å². The highest BCUT2D eigenvalue weighted by atomic mass is 32.2. The highest BCUT2D eigenvalue weighted by molar-refractivity contribution is 7.99. The summed E-state index contributed by atoms with van der Waals surface area (Å²) in [5.74, 6) is 0.706. The Labute approximate surface area is 424 Å². The minimum absolute atomic E-state index is 0.116. The van der Waals surface area contributed by atoms with Crippen molar-refractivity contribution in [3.8, 4) is 67.3 Å². The van der Waals surface area contributed by atoms with Crippen molar-refractivity contribution < 1.29 is 0 Å². The van der Waals surface area contributed by atoms with E-state index < -0.39 is 10.8 Å². The summed E-state index contributed by atoms with van der Waals surface area (Å²) in [5, 5.41) is 0. The van der Waals surface area contributed by atoms with Crippen molar-refractivity contribution in [2.45, 2.75) is 39.9 Å². The van der Waals surface area contributed by atoms with Crippen LogP contribution in [0.4, 0.5) is 0 Å². The van der Waals surface area contributed by atoms with Gasteiger partial charge in [0.25, 0.3) is 0 Å². The highest BCUT2D eigenvalue weighted by Gasteiger charge is 2.58. The molecule has 15 rings (SSSR count). The average Bonchev–Trinajstić information content (AvgIpc) is 3.87. The van der Waals surface area contributed by atoms with Gasteiger partial charge in [-0.2, -0.15) is 0 Å². The van der Waals surface area contributed by atoms with Gasteiger partial charge in [0, 0.05) is 31.9 Å². The maximum Gasteiger partial charge on any atom is 0.160 e. The molecule has 3 heteroatoms. The van der Waals surface area contributed by atoms with Crippen LogP contribution in [0.2, 0.25) is 0 Å². The van der Waals surface area contributed by atoms with Crippen LogP contribution in [-0.4, -0.2) is 9.97 Å². The third kappa shape index (κ3) is 5.57. The third-order valence-corrected chi connectivity index (χ3v) is 17.6. The van der Waals surface area contributed by atoms with Gasteiger partial charge < -0.3 is 0 Å². The molecule has 2 spiro atoms. The molecule has 0 fully saturated rings. The fourth-order valence-electron chi connectivity index (χ4n) is 13.3. The molecule has 1 aliphatic heterocycles. The minimum atomic E-state index is -0.563. The van der Waals surface area contributed by atoms with Gasteiger partial charge in [0.2, 0.25) is 0 Å². The van der Waals surface area contributed by atoms with Gasteiger partial charge in [-0.15, -0.1) is 0 Å². The molecule has 0 radical (unpaired) electrons. The molecule has 3 aliphatic carbocycles. The fraction of sp³-hybridized carbons (Fsp3) is 0.0725. The predicted octanol–water partition coefficient (Wildman–Crippen LogP) is 17.0. The number of hydrogen-bond donors (Lipinski definition) is 0. The summed E-state index contributed by atoms with van der Waals surface area (Å²) < 4.78 is 0. The van der Waals surface area contributed by atoms with Crippen LogP contribution in [0.25, 0.3) is 67.3 Å². The molecule has 1 aromatic heterocycles. The Morgan fingerprint density at radius 3 is 1.29 bits per heavy atom. The van der Waals surface area contributed by atoms with Crippen molar-refractivity contribution in [1.29, 1.82) is 0 Å². The molecule has 2 heterocycles. The molecule has 338 valence electrons. The largest absolute Gasteiger partial charge is 0.228 e. The minimum Gasteiger partial charge on any atom is -0.228 e. The van der Waals surface area contributed by atoms with Gasteiger partial charge in [-0.3, -0.25) is 0 Å². The van der Waals surface area contributed by atoms with Crippen molar-refractivity contribution in [2.75, 3.05) is 0 Å². The number of benzene rings is 10. The Bertz CT molecular complexity index is 3960. The van der Waals surface area contributed by atoms with Gasteiger partial charge in [0.15, 0.2) is 5.82 Å². The maximum atomic E-state index is 5.35. The summed E-state index contributed by atoms with van der Waals surface area (Å²) >= 11 is 1.89. The monoisotopic (exact) mass is 934 g/mol. The Balaban J connectivity index is 0.883. The molecule has 0 bridgehead atoms. The zero-order valence-corrected chi connectivity index (χ0v) is 40.7. The van der Waals surface area contributed by atoms with Crippen LogP contribution in [0.3, 0.4) is 0 Å². The Morgan fingerprint density at radius 1 is 0.278 bits per heavy atom. The summed E-state index contributed by atoms with van der Waals surface area (Å²) in [6, 6.07) is 90.5. The molecule has 0 saturated carbocycles. The Morgan fingerprint density at radius 2 is 0.681 bits per heavy atom. The molecule has 2 nitrogen and oxygen atoms in total. The normalized spacial score (nSPS) is 15.1. The summed E-state index contributed by atoms with van der Waals surface area (Å²) in [4.78, 5) is 13.2. The summed E-state index contributed by atoms with van der Waals surface area (Å²) in [5.41, 5.74) is 24.6. The van der Waals surface area contributed by atoms with E-state index in [0.717, 1.165) is 33.6 Å². The molecular weight excluding hydrogens is 889 g/mol. The van der Waals surface area contributed by atoms with E-state index >= 15 is 0 Å². The second kappa shape index (κ2) is 15.3. The number of rotatable bonds is 4. The standard InChI is InChI=1S/C69H46N2S/c1-67(2)52-22-8-6-20-48(52)50-39-37-47(41-60(50)67)63-42-62(44-18-4-3-5-19-44)70-66(71-63)45-34-32-43(33-35-45)46-36-38-51-49-21-7-9-23-53(49)68(61(51)40-46)54-24-10-12-26-56(54)69(57-27-13-11-25-55(57)68)58-28-14-16-30-64(58)72-65-31-17-15-29-59(65)69/h3-42H,1-2H3. The number of fused-ring (bicyclic) bond motifs is 18. The van der Waals surface area contributed by atoms with E-state index in [1.165, 1.54) is 93.2 Å². The molecule has 0 unspecified atom stereocenters. The topological polar surface area (TPSA) is 25.8 Å². The average molecular weight is 935 g/mol. The molecule has 10 aromatic carbocycles. The van der Waals surface area contributed by atoms with E-state index in [4.69, 9.17) is 9.97 Å². The van der Waals surface area contributed by atoms with Gasteiger partial charge in [0.05, 0.1) is 22.2 Å². The molecule has 4 aliphatic rings. The van der Waals surface area contributed by atoms with Gasteiger partial charge in [-0.05, 0) is 119 Å². The molecule has 0 N–H and O–H groups in total. The van der Waals surface area contributed by atoms with E-state index in [9.17, 15) is 0 Å². The lowest BCUT2D eigenvalue weighted by Crippen LogP contribution is -2.45. The van der Waals surface area contributed by atoms with Crippen LogP contribution in [0, 0.1) is 0 Å². The first-order chi connectivity index (χ1) is 35.4. The number of hydrogen-bond acceptors (Lipinski definition) is 3. The second-order valence-corrected chi connectivity index (χ2v) is 21.4. The van der Waals surface area contributed by atoms with Crippen LogP contribution in [0.15, 0.2) is 252 Å². The van der Waals surface area contributed by atoms with Gasteiger partial charge in [-0.25, -0.2) is 9.97 Å². The smallest absolute Gasteiger partial charge is 0.160 e. The lowest BCUT2D eigenvalue weighted by atomic mass is 9.51. The SMILES string of the molecule is CC1(C)c2ccccc2-c2ccc(-c3cc(-c4ccccc4)nc(-c4ccc(-c5ccc6c(c5)C5(c7ccccc7-6)c6ccccc6C6(c7ccccc7Sc7ccccc76)c6ccccc65)cc4)n3)cc21. The fourth-order valence-corrected chi connectivity index (χ4v) is 14.5. The molecule has 0 saturated heterocycles. The zero-order chi connectivity index (χ0) is 47.8. The first kappa shape index (κ1) is 41.4. The van der Waals surface area contributed by atoms with E-state index in [2.05, 4.69) is 257 Å². The highest BCUT2D eigenvalue weighted by Crippen LogP contribution is 2.67. The first-order valence-corrected chi connectivity index (χ1v) is 25.9. The third-order valence-electron chi connectivity index (χ3n) is 16.5.